The van der Waals surface area contributed by atoms with E-state index in [0.717, 1.165) is 5.56 Å². The number of aromatic nitrogens is 2. The van der Waals surface area contributed by atoms with Gasteiger partial charge in [-0.2, -0.15) is 0 Å². The molecule has 0 spiro atoms. The maximum atomic E-state index is 13.1. The third-order valence-electron chi connectivity index (χ3n) is 3.09. The Hall–Kier alpha value is -2.01. The fourth-order valence-corrected chi connectivity index (χ4v) is 2.20. The SMILES string of the molecule is CC(Cl)C(=O)N(C)C(c1ccc(F)cc1)c1ncccn1. The summed E-state index contributed by atoms with van der Waals surface area (Å²) in [6.07, 6.45) is 3.20. The zero-order valence-corrected chi connectivity index (χ0v) is 12.5. The highest BCUT2D eigenvalue weighted by molar-refractivity contribution is 6.30. The normalized spacial score (nSPS) is 13.5. The van der Waals surface area contributed by atoms with Crippen molar-refractivity contribution in [1.29, 1.82) is 0 Å². The van der Waals surface area contributed by atoms with Gasteiger partial charge in [0, 0.05) is 19.4 Å². The van der Waals surface area contributed by atoms with Gasteiger partial charge in [0.15, 0.2) is 5.82 Å². The first-order chi connectivity index (χ1) is 10.0. The van der Waals surface area contributed by atoms with Crippen molar-refractivity contribution < 1.29 is 9.18 Å². The van der Waals surface area contributed by atoms with Crippen LogP contribution in [0.4, 0.5) is 4.39 Å². The topological polar surface area (TPSA) is 46.1 Å². The van der Waals surface area contributed by atoms with Crippen molar-refractivity contribution in [2.24, 2.45) is 0 Å². The van der Waals surface area contributed by atoms with Crippen molar-refractivity contribution in [3.8, 4) is 0 Å². The molecule has 2 rings (SSSR count). The number of nitrogens with zero attached hydrogens (tertiary/aromatic N) is 3. The van der Waals surface area contributed by atoms with E-state index in [1.807, 2.05) is 0 Å². The van der Waals surface area contributed by atoms with E-state index in [1.165, 1.54) is 17.0 Å². The molecular formula is C15H15ClFN3O. The highest BCUT2D eigenvalue weighted by Gasteiger charge is 2.27. The van der Waals surface area contributed by atoms with Gasteiger partial charge >= 0.3 is 0 Å². The van der Waals surface area contributed by atoms with Crippen LogP contribution in [0.1, 0.15) is 24.4 Å². The molecule has 1 heterocycles. The summed E-state index contributed by atoms with van der Waals surface area (Å²) in [7, 11) is 1.63. The van der Waals surface area contributed by atoms with E-state index in [-0.39, 0.29) is 11.7 Å². The summed E-state index contributed by atoms with van der Waals surface area (Å²) in [6.45, 7) is 1.61. The minimum atomic E-state index is -0.665. The van der Waals surface area contributed by atoms with Gasteiger partial charge in [-0.25, -0.2) is 14.4 Å². The van der Waals surface area contributed by atoms with Gasteiger partial charge in [0.2, 0.25) is 5.91 Å². The van der Waals surface area contributed by atoms with Crippen molar-refractivity contribution in [2.45, 2.75) is 18.3 Å². The van der Waals surface area contributed by atoms with E-state index in [0.29, 0.717) is 5.82 Å². The first-order valence-corrected chi connectivity index (χ1v) is 6.87. The summed E-state index contributed by atoms with van der Waals surface area (Å²) < 4.78 is 13.1. The molecule has 2 aromatic rings. The molecule has 0 aliphatic heterocycles. The van der Waals surface area contributed by atoms with Crippen LogP contribution in [-0.4, -0.2) is 33.2 Å². The zero-order valence-electron chi connectivity index (χ0n) is 11.7. The summed E-state index contributed by atoms with van der Waals surface area (Å²) in [4.78, 5) is 22.0. The lowest BCUT2D eigenvalue weighted by Gasteiger charge is -2.28. The molecule has 0 aliphatic rings. The lowest BCUT2D eigenvalue weighted by atomic mass is 10.0. The smallest absolute Gasteiger partial charge is 0.240 e. The Bertz CT molecular complexity index is 604. The van der Waals surface area contributed by atoms with Gasteiger partial charge in [0.25, 0.3) is 0 Å². The van der Waals surface area contributed by atoms with Gasteiger partial charge in [-0.05, 0) is 30.7 Å². The van der Waals surface area contributed by atoms with Crippen LogP contribution in [0, 0.1) is 5.82 Å². The van der Waals surface area contributed by atoms with Crippen LogP contribution in [0.3, 0.4) is 0 Å². The summed E-state index contributed by atoms with van der Waals surface area (Å²) in [5, 5.41) is -0.665. The maximum Gasteiger partial charge on any atom is 0.240 e. The summed E-state index contributed by atoms with van der Waals surface area (Å²) in [5.74, 6) is -0.137. The molecule has 0 N–H and O–H groups in total. The standard InChI is InChI=1S/C15H15ClFN3O/c1-10(16)15(21)20(2)13(14-18-8-3-9-19-14)11-4-6-12(17)7-5-11/h3-10,13H,1-2H3. The van der Waals surface area contributed by atoms with E-state index in [1.54, 1.807) is 44.6 Å². The maximum absolute atomic E-state index is 13.1. The number of hydrogen-bond donors (Lipinski definition) is 0. The third-order valence-corrected chi connectivity index (χ3v) is 3.28. The van der Waals surface area contributed by atoms with E-state index in [9.17, 15) is 9.18 Å². The first kappa shape index (κ1) is 15.4. The van der Waals surface area contributed by atoms with Crippen LogP contribution < -0.4 is 0 Å². The number of carbonyl (C=O) groups excluding carboxylic acids is 1. The Balaban J connectivity index is 2.44. The molecule has 4 nitrogen and oxygen atoms in total. The lowest BCUT2D eigenvalue weighted by molar-refractivity contribution is -0.130. The monoisotopic (exact) mass is 307 g/mol. The molecule has 1 aromatic carbocycles. The van der Waals surface area contributed by atoms with Gasteiger partial charge in [0.1, 0.15) is 17.2 Å². The number of amides is 1. The van der Waals surface area contributed by atoms with Crippen LogP contribution in [0.15, 0.2) is 42.7 Å². The molecular weight excluding hydrogens is 293 g/mol. The van der Waals surface area contributed by atoms with Crippen molar-refractivity contribution in [1.82, 2.24) is 14.9 Å². The molecule has 0 fully saturated rings. The molecule has 2 atom stereocenters. The Morgan fingerprint density at radius 1 is 1.24 bits per heavy atom. The van der Waals surface area contributed by atoms with E-state index in [4.69, 9.17) is 11.6 Å². The second-order valence-corrected chi connectivity index (χ2v) is 5.28. The summed E-state index contributed by atoms with van der Waals surface area (Å²) in [5.41, 5.74) is 0.718. The predicted molar refractivity (Wildman–Crippen MR) is 78.4 cm³/mol. The molecule has 1 aromatic heterocycles. The van der Waals surface area contributed by atoms with Gasteiger partial charge < -0.3 is 4.90 Å². The molecule has 2 unspecified atom stereocenters. The fraction of sp³-hybridized carbons (Fsp3) is 0.267. The van der Waals surface area contributed by atoms with E-state index >= 15 is 0 Å². The average Bonchev–Trinajstić information content (AvgIpc) is 2.49. The molecule has 0 saturated heterocycles. The van der Waals surface area contributed by atoms with Crippen molar-refractivity contribution >= 4 is 17.5 Å². The molecule has 110 valence electrons. The van der Waals surface area contributed by atoms with Crippen LogP contribution in [-0.2, 0) is 4.79 Å². The highest BCUT2D eigenvalue weighted by Crippen LogP contribution is 2.26. The van der Waals surface area contributed by atoms with Crippen molar-refractivity contribution in [3.05, 3.63) is 59.9 Å². The first-order valence-electron chi connectivity index (χ1n) is 6.44. The number of halogens is 2. The van der Waals surface area contributed by atoms with Crippen molar-refractivity contribution in [3.63, 3.8) is 0 Å². The number of rotatable bonds is 4. The van der Waals surface area contributed by atoms with Gasteiger partial charge in [-0.1, -0.05) is 12.1 Å². The second-order valence-electron chi connectivity index (χ2n) is 4.63. The average molecular weight is 308 g/mol. The third kappa shape index (κ3) is 3.55. The molecule has 21 heavy (non-hydrogen) atoms. The fourth-order valence-electron chi connectivity index (χ4n) is 2.05. The lowest BCUT2D eigenvalue weighted by Crippen LogP contribution is -2.37. The van der Waals surface area contributed by atoms with Gasteiger partial charge in [-0.15, -0.1) is 11.6 Å². The minimum absolute atomic E-state index is 0.251. The summed E-state index contributed by atoms with van der Waals surface area (Å²) in [6, 6.07) is 7.08. The van der Waals surface area contributed by atoms with Crippen LogP contribution >= 0.6 is 11.6 Å². The molecule has 0 saturated carbocycles. The molecule has 0 radical (unpaired) electrons. The predicted octanol–water partition coefficient (Wildman–Crippen LogP) is 2.79. The Morgan fingerprint density at radius 2 is 1.81 bits per heavy atom. The Labute approximate surface area is 127 Å². The summed E-state index contributed by atoms with van der Waals surface area (Å²) >= 11 is 5.88. The van der Waals surface area contributed by atoms with Crippen molar-refractivity contribution in [2.75, 3.05) is 7.05 Å². The van der Waals surface area contributed by atoms with E-state index in [2.05, 4.69) is 9.97 Å². The Kier molecular flexibility index (Phi) is 4.85. The zero-order chi connectivity index (χ0) is 15.4. The quantitative estimate of drug-likeness (QED) is 0.816. The van der Waals surface area contributed by atoms with Crippen LogP contribution in [0.25, 0.3) is 0 Å². The molecule has 0 bridgehead atoms. The highest BCUT2D eigenvalue weighted by atomic mass is 35.5. The second kappa shape index (κ2) is 6.63. The molecule has 1 amide bonds. The number of carbonyl (C=O) groups is 1. The van der Waals surface area contributed by atoms with Gasteiger partial charge in [0.05, 0.1) is 0 Å². The number of benzene rings is 1. The van der Waals surface area contributed by atoms with Gasteiger partial charge in [-0.3, -0.25) is 4.79 Å². The molecule has 0 aliphatic carbocycles. The number of alkyl halides is 1. The van der Waals surface area contributed by atoms with Crippen LogP contribution in [0.2, 0.25) is 0 Å². The Morgan fingerprint density at radius 3 is 2.33 bits per heavy atom. The number of hydrogen-bond acceptors (Lipinski definition) is 3. The largest absolute Gasteiger partial charge is 0.330 e. The van der Waals surface area contributed by atoms with Crippen LogP contribution in [0.5, 0.6) is 0 Å². The minimum Gasteiger partial charge on any atom is -0.330 e. The molecule has 6 heteroatoms. The van der Waals surface area contributed by atoms with E-state index < -0.39 is 11.4 Å².